The molecule has 1 heteroatoms. The Morgan fingerprint density at radius 2 is 0.727 bits per heavy atom. The summed E-state index contributed by atoms with van der Waals surface area (Å²) in [5, 5.41) is 2.56. The number of aromatic nitrogens is 1. The van der Waals surface area contributed by atoms with E-state index in [0.29, 0.717) is 0 Å². The lowest BCUT2D eigenvalue weighted by atomic mass is 9.67. The van der Waals surface area contributed by atoms with Crippen molar-refractivity contribution in [1.29, 1.82) is 0 Å². The van der Waals surface area contributed by atoms with Crippen LogP contribution in [0.5, 0.6) is 0 Å². The summed E-state index contributed by atoms with van der Waals surface area (Å²) in [6.07, 6.45) is 0. The molecule has 77 heavy (non-hydrogen) atoms. The molecule has 0 unspecified atom stereocenters. The topological polar surface area (TPSA) is 4.93 Å². The molecule has 0 atom stereocenters. The normalized spacial score (nSPS) is 15.8. The molecular formula is C76H57N. The Morgan fingerprint density at radius 1 is 0.273 bits per heavy atom. The fourth-order valence-corrected chi connectivity index (χ4v) is 15.5. The molecular weight excluding hydrogens is 927 g/mol. The van der Waals surface area contributed by atoms with Crippen molar-refractivity contribution >= 4 is 21.8 Å². The van der Waals surface area contributed by atoms with Gasteiger partial charge in [-0.1, -0.05) is 224 Å². The minimum atomic E-state index is -0.441. The van der Waals surface area contributed by atoms with E-state index in [0.717, 1.165) is 0 Å². The van der Waals surface area contributed by atoms with Crippen LogP contribution in [0, 0.1) is 0 Å². The van der Waals surface area contributed by atoms with Gasteiger partial charge in [-0.2, -0.15) is 0 Å². The van der Waals surface area contributed by atoms with Gasteiger partial charge in [0.15, 0.2) is 0 Å². The molecule has 0 aliphatic heterocycles. The van der Waals surface area contributed by atoms with Crippen LogP contribution in [0.15, 0.2) is 237 Å². The Labute approximate surface area is 451 Å². The quantitative estimate of drug-likeness (QED) is 0.162. The van der Waals surface area contributed by atoms with Crippen molar-refractivity contribution in [3.63, 3.8) is 0 Å². The first-order chi connectivity index (χ1) is 37.5. The predicted molar refractivity (Wildman–Crippen MR) is 322 cm³/mol. The molecule has 1 aromatic heterocycles. The maximum atomic E-state index is 2.57. The number of hydrogen-bond donors (Lipinski definition) is 0. The minimum Gasteiger partial charge on any atom is -0.309 e. The Kier molecular flexibility index (Phi) is 8.92. The lowest BCUT2D eigenvalue weighted by Crippen LogP contribution is -2.28. The summed E-state index contributed by atoms with van der Waals surface area (Å²) in [5.41, 5.74) is 32.2. The molecule has 16 rings (SSSR count). The molecule has 0 radical (unpaired) electrons. The van der Waals surface area contributed by atoms with Crippen molar-refractivity contribution < 1.29 is 0 Å². The van der Waals surface area contributed by atoms with Crippen LogP contribution in [0.1, 0.15) is 97.2 Å². The molecule has 0 spiro atoms. The van der Waals surface area contributed by atoms with E-state index in [1.54, 1.807) is 0 Å². The lowest BCUT2D eigenvalue weighted by Gasteiger charge is -2.34. The largest absolute Gasteiger partial charge is 0.309 e. The summed E-state index contributed by atoms with van der Waals surface area (Å²) >= 11 is 0. The van der Waals surface area contributed by atoms with Gasteiger partial charge in [-0.05, 0) is 177 Å². The molecule has 12 aromatic rings. The first kappa shape index (κ1) is 44.5. The van der Waals surface area contributed by atoms with Gasteiger partial charge in [0.25, 0.3) is 0 Å². The van der Waals surface area contributed by atoms with E-state index >= 15 is 0 Å². The Bertz CT molecular complexity index is 4410. The second-order valence-electron chi connectivity index (χ2n) is 23.9. The van der Waals surface area contributed by atoms with Crippen LogP contribution in [0.3, 0.4) is 0 Å². The molecule has 0 N–H and O–H groups in total. The van der Waals surface area contributed by atoms with E-state index < -0.39 is 5.41 Å². The monoisotopic (exact) mass is 983 g/mol. The number of hydrogen-bond acceptors (Lipinski definition) is 0. The second-order valence-corrected chi connectivity index (χ2v) is 23.9. The van der Waals surface area contributed by atoms with Crippen LogP contribution in [-0.2, 0) is 21.7 Å². The summed E-state index contributed by atoms with van der Waals surface area (Å²) in [4.78, 5) is 0. The Morgan fingerprint density at radius 3 is 1.36 bits per heavy atom. The van der Waals surface area contributed by atoms with E-state index in [9.17, 15) is 0 Å². The third-order valence-corrected chi connectivity index (χ3v) is 19.0. The molecule has 366 valence electrons. The molecule has 11 aromatic carbocycles. The fraction of sp³-hybridized carbons (Fsp3) is 0.132. The van der Waals surface area contributed by atoms with Crippen LogP contribution in [-0.4, -0.2) is 4.57 Å². The van der Waals surface area contributed by atoms with Gasteiger partial charge in [0.05, 0.1) is 16.4 Å². The summed E-state index contributed by atoms with van der Waals surface area (Å²) in [7, 11) is 0. The van der Waals surface area contributed by atoms with Crippen molar-refractivity contribution in [2.75, 3.05) is 0 Å². The smallest absolute Gasteiger partial charge is 0.0713 e. The molecule has 0 saturated carbocycles. The highest BCUT2D eigenvalue weighted by Gasteiger charge is 2.50. The first-order valence-corrected chi connectivity index (χ1v) is 27.6. The van der Waals surface area contributed by atoms with E-state index in [1.807, 2.05) is 0 Å². The average Bonchev–Trinajstić information content (AvgIpc) is 4.39. The molecule has 4 aliphatic rings. The number of nitrogens with zero attached hydrogens (tertiary/aromatic N) is 1. The maximum Gasteiger partial charge on any atom is 0.0713 e. The van der Waals surface area contributed by atoms with Crippen molar-refractivity contribution in [1.82, 2.24) is 4.57 Å². The van der Waals surface area contributed by atoms with Gasteiger partial charge in [-0.15, -0.1) is 0 Å². The maximum absolute atomic E-state index is 2.57. The van der Waals surface area contributed by atoms with Gasteiger partial charge in [0.1, 0.15) is 0 Å². The van der Waals surface area contributed by atoms with Crippen LogP contribution in [0.25, 0.3) is 94.3 Å². The van der Waals surface area contributed by atoms with E-state index in [-0.39, 0.29) is 16.2 Å². The van der Waals surface area contributed by atoms with Gasteiger partial charge in [-0.3, -0.25) is 0 Å². The van der Waals surface area contributed by atoms with Crippen molar-refractivity contribution in [3.05, 3.63) is 292 Å². The van der Waals surface area contributed by atoms with Crippen LogP contribution in [0.4, 0.5) is 0 Å². The molecule has 1 nitrogen and oxygen atoms in total. The highest BCUT2D eigenvalue weighted by molar-refractivity contribution is 6.09. The Hall–Kier alpha value is -8.78. The number of benzene rings is 11. The average molecular weight is 984 g/mol. The highest BCUT2D eigenvalue weighted by atomic mass is 15.0. The first-order valence-electron chi connectivity index (χ1n) is 27.6. The molecule has 0 saturated heterocycles. The van der Waals surface area contributed by atoms with Crippen LogP contribution in [0.2, 0.25) is 0 Å². The molecule has 1 heterocycles. The summed E-state index contributed by atoms with van der Waals surface area (Å²) in [6, 6.07) is 90.0. The third kappa shape index (κ3) is 5.74. The number of fused-ring (bicyclic) bond motifs is 16. The van der Waals surface area contributed by atoms with Gasteiger partial charge >= 0.3 is 0 Å². The van der Waals surface area contributed by atoms with Gasteiger partial charge < -0.3 is 4.57 Å². The zero-order valence-electron chi connectivity index (χ0n) is 44.5. The zero-order chi connectivity index (χ0) is 51.7. The van der Waals surface area contributed by atoms with Crippen molar-refractivity contribution in [2.45, 2.75) is 63.2 Å². The van der Waals surface area contributed by atoms with Gasteiger partial charge in [0.2, 0.25) is 0 Å². The number of para-hydroxylation sites is 2. The second kappa shape index (κ2) is 15.4. The van der Waals surface area contributed by atoms with E-state index in [1.165, 1.54) is 150 Å². The molecule has 4 aliphatic carbocycles. The van der Waals surface area contributed by atoms with Gasteiger partial charge in [-0.25, -0.2) is 0 Å². The third-order valence-electron chi connectivity index (χ3n) is 19.0. The molecule has 0 bridgehead atoms. The van der Waals surface area contributed by atoms with Crippen molar-refractivity contribution in [3.8, 4) is 72.4 Å². The van der Waals surface area contributed by atoms with Crippen molar-refractivity contribution in [2.24, 2.45) is 0 Å². The fourth-order valence-electron chi connectivity index (χ4n) is 15.5. The predicted octanol–water partition coefficient (Wildman–Crippen LogP) is 19.4. The Balaban J connectivity index is 0.827. The molecule has 0 amide bonds. The van der Waals surface area contributed by atoms with Crippen LogP contribution < -0.4 is 0 Å². The lowest BCUT2D eigenvalue weighted by molar-refractivity contribution is 0.601. The summed E-state index contributed by atoms with van der Waals surface area (Å²) in [5.74, 6) is 0. The molecule has 0 fully saturated rings. The summed E-state index contributed by atoms with van der Waals surface area (Å²) in [6.45, 7) is 14.7. The minimum absolute atomic E-state index is 0.193. The van der Waals surface area contributed by atoms with E-state index in [4.69, 9.17) is 0 Å². The number of rotatable bonds is 5. The van der Waals surface area contributed by atoms with Gasteiger partial charge in [0, 0.05) is 32.7 Å². The zero-order valence-corrected chi connectivity index (χ0v) is 44.5. The standard InChI is InChI=1S/C76H57N/c1-73(2)64-41-47(35-39-53(64)59-45-67-60(44-66(59)73)52-25-13-18-30-63(52)76(67,49-21-9-7-10-22-49)50-23-11-8-12-24-50)48-36-40-54-61-43-58(70-57-28-14-17-29-62(57)74(3,4)72(70)71(61)75(5,6)65(54)42-48)46-33-37-51(38-34-46)77-68-31-19-15-26-55(68)56-27-16-20-32-69(56)77/h7-45H,1-6H3. The SMILES string of the molecule is CC1(C)c2cc(-c3ccc4c(c3)C(C)(C)c3c-4cc(-c4ccc(-n5c6ccccc6c6ccccc65)cc4)c4c3C(C)(C)c3ccccc3-4)ccc2-c2cc3c(cc21)-c1ccccc1C3(c1ccccc1)c1ccccc1. The van der Waals surface area contributed by atoms with E-state index in [2.05, 4.69) is 283 Å². The van der Waals surface area contributed by atoms with Crippen LogP contribution >= 0.6 is 0 Å². The summed E-state index contributed by atoms with van der Waals surface area (Å²) < 4.78 is 2.42. The highest BCUT2D eigenvalue weighted by Crippen LogP contribution is 2.63.